The van der Waals surface area contributed by atoms with Gasteiger partial charge in [-0.2, -0.15) is 5.10 Å². The molecule has 0 aliphatic carbocycles. The molecule has 1 N–H and O–H groups in total. The number of aryl methyl sites for hydroxylation is 2. The maximum atomic E-state index is 13.0. The number of hydrogen-bond acceptors (Lipinski definition) is 3. The fourth-order valence-electron chi connectivity index (χ4n) is 3.29. The Balaban J connectivity index is 1.48. The molecule has 1 aliphatic heterocycles. The summed E-state index contributed by atoms with van der Waals surface area (Å²) >= 11 is 0. The van der Waals surface area contributed by atoms with Gasteiger partial charge in [0.1, 0.15) is 11.6 Å². The van der Waals surface area contributed by atoms with E-state index in [4.69, 9.17) is 0 Å². The van der Waals surface area contributed by atoms with Crippen molar-refractivity contribution in [1.29, 1.82) is 0 Å². The van der Waals surface area contributed by atoms with Crippen LogP contribution in [-0.4, -0.2) is 40.2 Å². The second-order valence-electron chi connectivity index (χ2n) is 6.56. The van der Waals surface area contributed by atoms with Crippen molar-refractivity contribution < 1.29 is 9.18 Å². The second-order valence-corrected chi connectivity index (χ2v) is 6.56. The van der Waals surface area contributed by atoms with Crippen molar-refractivity contribution in [2.45, 2.75) is 19.8 Å². The topological polar surface area (TPSA) is 50.2 Å². The van der Waals surface area contributed by atoms with E-state index in [0.29, 0.717) is 12.5 Å². The fourth-order valence-corrected chi connectivity index (χ4v) is 3.29. The predicted octanol–water partition coefficient (Wildman–Crippen LogP) is 2.37. The number of rotatable bonds is 5. The molecule has 3 rings (SSSR count). The Bertz CT molecular complexity index is 710. The highest BCUT2D eigenvalue weighted by Crippen LogP contribution is 2.21. The minimum atomic E-state index is -0.200. The SMILES string of the molecule is Cc1cc(NC(=O)CN2CC[C@@H](Cc3ccc(F)cc3)C2)n(C)n1. The summed E-state index contributed by atoms with van der Waals surface area (Å²) in [5, 5.41) is 7.13. The van der Waals surface area contributed by atoms with Crippen molar-refractivity contribution in [1.82, 2.24) is 14.7 Å². The van der Waals surface area contributed by atoms with E-state index in [0.717, 1.165) is 43.0 Å². The molecule has 1 aliphatic rings. The van der Waals surface area contributed by atoms with Crippen LogP contribution in [0.4, 0.5) is 10.2 Å². The van der Waals surface area contributed by atoms with Gasteiger partial charge >= 0.3 is 0 Å². The number of aromatic nitrogens is 2. The minimum absolute atomic E-state index is 0.0135. The van der Waals surface area contributed by atoms with Gasteiger partial charge < -0.3 is 5.32 Å². The minimum Gasteiger partial charge on any atom is -0.310 e. The number of halogens is 1. The molecule has 0 unspecified atom stereocenters. The lowest BCUT2D eigenvalue weighted by atomic mass is 9.99. The highest BCUT2D eigenvalue weighted by atomic mass is 19.1. The van der Waals surface area contributed by atoms with Crippen molar-refractivity contribution in [2.75, 3.05) is 25.0 Å². The number of amides is 1. The van der Waals surface area contributed by atoms with Gasteiger partial charge in [0.05, 0.1) is 12.2 Å². The third-order valence-electron chi connectivity index (χ3n) is 4.44. The van der Waals surface area contributed by atoms with Gasteiger partial charge in [-0.3, -0.25) is 14.4 Å². The first-order valence-corrected chi connectivity index (χ1v) is 8.27. The van der Waals surface area contributed by atoms with Gasteiger partial charge in [-0.15, -0.1) is 0 Å². The number of benzene rings is 1. The van der Waals surface area contributed by atoms with Gasteiger partial charge in [0, 0.05) is 19.7 Å². The van der Waals surface area contributed by atoms with Crippen LogP contribution in [0.3, 0.4) is 0 Å². The van der Waals surface area contributed by atoms with Gasteiger partial charge in [-0.05, 0) is 49.9 Å². The van der Waals surface area contributed by atoms with Crippen molar-refractivity contribution in [3.05, 3.63) is 47.4 Å². The van der Waals surface area contributed by atoms with E-state index in [1.165, 1.54) is 12.1 Å². The summed E-state index contributed by atoms with van der Waals surface area (Å²) in [4.78, 5) is 14.4. The van der Waals surface area contributed by atoms with E-state index in [9.17, 15) is 9.18 Å². The van der Waals surface area contributed by atoms with Crippen molar-refractivity contribution >= 4 is 11.7 Å². The monoisotopic (exact) mass is 330 g/mol. The number of anilines is 1. The lowest BCUT2D eigenvalue weighted by molar-refractivity contribution is -0.117. The molecular formula is C18H23FN4O. The molecule has 0 spiro atoms. The molecule has 1 fully saturated rings. The first-order valence-electron chi connectivity index (χ1n) is 8.27. The highest BCUT2D eigenvalue weighted by Gasteiger charge is 2.24. The molecule has 2 aromatic rings. The molecule has 1 atom stereocenters. The van der Waals surface area contributed by atoms with Crippen LogP contribution in [0.2, 0.25) is 0 Å². The van der Waals surface area contributed by atoms with Crippen molar-refractivity contribution in [3.63, 3.8) is 0 Å². The molecule has 24 heavy (non-hydrogen) atoms. The van der Waals surface area contributed by atoms with E-state index in [1.807, 2.05) is 32.2 Å². The van der Waals surface area contributed by atoms with Crippen LogP contribution in [-0.2, 0) is 18.3 Å². The fraction of sp³-hybridized carbons (Fsp3) is 0.444. The number of nitrogens with one attached hydrogen (secondary N) is 1. The smallest absolute Gasteiger partial charge is 0.239 e. The van der Waals surface area contributed by atoms with Crippen molar-refractivity contribution in [3.8, 4) is 0 Å². The van der Waals surface area contributed by atoms with E-state index < -0.39 is 0 Å². The largest absolute Gasteiger partial charge is 0.310 e. The maximum absolute atomic E-state index is 13.0. The van der Waals surface area contributed by atoms with Crippen LogP contribution < -0.4 is 5.32 Å². The maximum Gasteiger partial charge on any atom is 0.239 e. The molecule has 6 heteroatoms. The van der Waals surface area contributed by atoms with E-state index in [-0.39, 0.29) is 11.7 Å². The zero-order valence-corrected chi connectivity index (χ0v) is 14.1. The Labute approximate surface area is 141 Å². The van der Waals surface area contributed by atoms with E-state index >= 15 is 0 Å². The van der Waals surface area contributed by atoms with Gasteiger partial charge in [-0.25, -0.2) is 4.39 Å². The third-order valence-corrected chi connectivity index (χ3v) is 4.44. The molecule has 1 saturated heterocycles. The van der Waals surface area contributed by atoms with Crippen LogP contribution in [0.1, 0.15) is 17.7 Å². The molecule has 0 radical (unpaired) electrons. The van der Waals surface area contributed by atoms with Crippen LogP contribution in [0.5, 0.6) is 0 Å². The van der Waals surface area contributed by atoms with Gasteiger partial charge in [0.2, 0.25) is 5.91 Å². The van der Waals surface area contributed by atoms with Crippen LogP contribution in [0.15, 0.2) is 30.3 Å². The number of hydrogen-bond donors (Lipinski definition) is 1. The summed E-state index contributed by atoms with van der Waals surface area (Å²) in [6.07, 6.45) is 1.99. The Kier molecular flexibility index (Phi) is 4.94. The molecule has 0 saturated carbocycles. The van der Waals surface area contributed by atoms with Crippen LogP contribution in [0.25, 0.3) is 0 Å². The lowest BCUT2D eigenvalue weighted by Gasteiger charge is -2.15. The molecule has 1 aromatic carbocycles. The molecule has 1 aromatic heterocycles. The van der Waals surface area contributed by atoms with Gasteiger partial charge in [0.25, 0.3) is 0 Å². The Morgan fingerprint density at radius 2 is 2.12 bits per heavy atom. The molecule has 2 heterocycles. The summed E-state index contributed by atoms with van der Waals surface area (Å²) in [5.74, 6) is 1.02. The molecule has 0 bridgehead atoms. The summed E-state index contributed by atoms with van der Waals surface area (Å²) < 4.78 is 14.6. The quantitative estimate of drug-likeness (QED) is 0.916. The van der Waals surface area contributed by atoms with Crippen LogP contribution >= 0.6 is 0 Å². The molecule has 5 nitrogen and oxygen atoms in total. The normalized spacial score (nSPS) is 18.0. The van der Waals surface area contributed by atoms with Gasteiger partial charge in [0.15, 0.2) is 0 Å². The second kappa shape index (κ2) is 7.13. The molecule has 1 amide bonds. The number of likely N-dealkylation sites (tertiary alicyclic amines) is 1. The third kappa shape index (κ3) is 4.20. The first kappa shape index (κ1) is 16.6. The molecule has 128 valence electrons. The van der Waals surface area contributed by atoms with E-state index in [1.54, 1.807) is 4.68 Å². The average molecular weight is 330 g/mol. The lowest BCUT2D eigenvalue weighted by Crippen LogP contribution is -2.32. The summed E-state index contributed by atoms with van der Waals surface area (Å²) in [5.41, 5.74) is 2.03. The van der Waals surface area contributed by atoms with E-state index in [2.05, 4.69) is 15.3 Å². The Hall–Kier alpha value is -2.21. The molecular weight excluding hydrogens is 307 g/mol. The number of carbonyl (C=O) groups excluding carboxylic acids is 1. The Morgan fingerprint density at radius 1 is 1.38 bits per heavy atom. The van der Waals surface area contributed by atoms with Gasteiger partial charge in [-0.1, -0.05) is 12.1 Å². The first-order chi connectivity index (χ1) is 11.5. The zero-order chi connectivity index (χ0) is 17.1. The zero-order valence-electron chi connectivity index (χ0n) is 14.1. The summed E-state index contributed by atoms with van der Waals surface area (Å²) in [6, 6.07) is 8.56. The highest BCUT2D eigenvalue weighted by molar-refractivity contribution is 5.91. The predicted molar refractivity (Wildman–Crippen MR) is 91.2 cm³/mol. The standard InChI is InChI=1S/C18H23FN4O/c1-13-9-17(22(2)21-13)20-18(24)12-23-8-7-15(11-23)10-14-3-5-16(19)6-4-14/h3-6,9,15H,7-8,10-12H2,1-2H3,(H,20,24)/t15-/m0/s1. The average Bonchev–Trinajstić information content (AvgIpc) is 3.08. The number of carbonyl (C=O) groups is 1. The van der Waals surface area contributed by atoms with Crippen LogP contribution in [0, 0.1) is 18.7 Å². The number of nitrogens with zero attached hydrogens (tertiary/aromatic N) is 3. The Morgan fingerprint density at radius 3 is 2.79 bits per heavy atom. The van der Waals surface area contributed by atoms with Crippen molar-refractivity contribution in [2.24, 2.45) is 13.0 Å². The summed E-state index contributed by atoms with van der Waals surface area (Å²) in [6.45, 7) is 4.11. The summed E-state index contributed by atoms with van der Waals surface area (Å²) in [7, 11) is 1.82.